The van der Waals surface area contributed by atoms with E-state index in [1.165, 1.54) is 0 Å². The second kappa shape index (κ2) is 11.9. The van der Waals surface area contributed by atoms with Crippen molar-refractivity contribution in [2.75, 3.05) is 46.1 Å². The van der Waals surface area contributed by atoms with E-state index in [-0.39, 0.29) is 0 Å². The molecule has 0 radical (unpaired) electrons. The van der Waals surface area contributed by atoms with Crippen LogP contribution >= 0.6 is 0 Å². The molecular formula is C11H26N2O2. The van der Waals surface area contributed by atoms with Gasteiger partial charge in [-0.2, -0.15) is 0 Å². The van der Waals surface area contributed by atoms with Gasteiger partial charge in [0.25, 0.3) is 0 Å². The SMILES string of the molecule is CCNCCOCCOCCNC(C)C. The molecule has 0 unspecified atom stereocenters. The summed E-state index contributed by atoms with van der Waals surface area (Å²) < 4.78 is 10.7. The zero-order chi connectivity index (χ0) is 11.4. The second-order valence-corrected chi connectivity index (χ2v) is 3.69. The molecule has 0 spiro atoms. The quantitative estimate of drug-likeness (QED) is 0.499. The van der Waals surface area contributed by atoms with Gasteiger partial charge in [-0.3, -0.25) is 0 Å². The molecule has 0 fully saturated rings. The monoisotopic (exact) mass is 218 g/mol. The van der Waals surface area contributed by atoms with Gasteiger partial charge in [-0.15, -0.1) is 0 Å². The maximum Gasteiger partial charge on any atom is 0.0701 e. The summed E-state index contributed by atoms with van der Waals surface area (Å²) in [6, 6.07) is 0.532. The van der Waals surface area contributed by atoms with Crippen LogP contribution in [0.1, 0.15) is 20.8 Å². The molecule has 2 N–H and O–H groups in total. The minimum absolute atomic E-state index is 0.532. The van der Waals surface area contributed by atoms with Crippen LogP contribution in [0.15, 0.2) is 0 Å². The maximum absolute atomic E-state index is 5.38. The van der Waals surface area contributed by atoms with Crippen molar-refractivity contribution >= 4 is 0 Å². The van der Waals surface area contributed by atoms with Crippen molar-refractivity contribution < 1.29 is 9.47 Å². The smallest absolute Gasteiger partial charge is 0.0701 e. The van der Waals surface area contributed by atoms with Crippen LogP contribution in [0, 0.1) is 0 Å². The third kappa shape index (κ3) is 13.8. The molecule has 0 amide bonds. The number of rotatable bonds is 11. The van der Waals surface area contributed by atoms with Crippen LogP contribution in [-0.4, -0.2) is 52.1 Å². The van der Waals surface area contributed by atoms with Gasteiger partial charge in [0, 0.05) is 19.1 Å². The predicted octanol–water partition coefficient (Wildman–Crippen LogP) is 0.627. The number of ether oxygens (including phenoxy) is 2. The molecular weight excluding hydrogens is 192 g/mol. The Morgan fingerprint density at radius 1 is 0.933 bits per heavy atom. The first-order valence-corrected chi connectivity index (χ1v) is 5.87. The van der Waals surface area contributed by atoms with E-state index in [9.17, 15) is 0 Å². The molecule has 0 aromatic carbocycles. The van der Waals surface area contributed by atoms with Crippen molar-refractivity contribution in [1.82, 2.24) is 10.6 Å². The van der Waals surface area contributed by atoms with Crippen molar-refractivity contribution in [3.8, 4) is 0 Å². The first-order chi connectivity index (χ1) is 7.27. The molecule has 0 saturated carbocycles. The predicted molar refractivity (Wildman–Crippen MR) is 63.3 cm³/mol. The molecule has 0 atom stereocenters. The van der Waals surface area contributed by atoms with Crippen LogP contribution in [0.5, 0.6) is 0 Å². The standard InChI is InChI=1S/C11H26N2O2/c1-4-12-5-7-14-9-10-15-8-6-13-11(2)3/h11-13H,4-10H2,1-3H3. The van der Waals surface area contributed by atoms with Gasteiger partial charge in [-0.05, 0) is 6.54 Å². The van der Waals surface area contributed by atoms with Gasteiger partial charge in [0.1, 0.15) is 0 Å². The Hall–Kier alpha value is -0.160. The van der Waals surface area contributed by atoms with Gasteiger partial charge in [-0.1, -0.05) is 20.8 Å². The van der Waals surface area contributed by atoms with Gasteiger partial charge in [0.15, 0.2) is 0 Å². The molecule has 0 rings (SSSR count). The lowest BCUT2D eigenvalue weighted by molar-refractivity contribution is 0.0496. The van der Waals surface area contributed by atoms with Crippen molar-refractivity contribution in [3.05, 3.63) is 0 Å². The number of likely N-dealkylation sites (N-methyl/N-ethyl adjacent to an activating group) is 1. The molecule has 0 aliphatic rings. The Labute approximate surface area is 93.7 Å². The molecule has 0 aromatic rings. The lowest BCUT2D eigenvalue weighted by atomic mass is 10.4. The molecule has 4 nitrogen and oxygen atoms in total. The highest BCUT2D eigenvalue weighted by Crippen LogP contribution is 1.79. The van der Waals surface area contributed by atoms with Crippen LogP contribution in [0.25, 0.3) is 0 Å². The Morgan fingerprint density at radius 3 is 2.07 bits per heavy atom. The van der Waals surface area contributed by atoms with Crippen LogP contribution < -0.4 is 10.6 Å². The van der Waals surface area contributed by atoms with E-state index in [0.717, 1.165) is 32.8 Å². The van der Waals surface area contributed by atoms with E-state index < -0.39 is 0 Å². The van der Waals surface area contributed by atoms with Crippen LogP contribution in [0.2, 0.25) is 0 Å². The highest BCUT2D eigenvalue weighted by atomic mass is 16.5. The molecule has 0 aliphatic carbocycles. The molecule has 0 aromatic heterocycles. The molecule has 92 valence electrons. The van der Waals surface area contributed by atoms with E-state index >= 15 is 0 Å². The third-order valence-electron chi connectivity index (χ3n) is 1.84. The average molecular weight is 218 g/mol. The van der Waals surface area contributed by atoms with Gasteiger partial charge in [0.2, 0.25) is 0 Å². The van der Waals surface area contributed by atoms with Gasteiger partial charge in [0.05, 0.1) is 26.4 Å². The number of nitrogens with one attached hydrogen (secondary N) is 2. The van der Waals surface area contributed by atoms with Crippen LogP contribution in [-0.2, 0) is 9.47 Å². The molecule has 0 aliphatic heterocycles. The Morgan fingerprint density at radius 2 is 1.53 bits per heavy atom. The molecule has 0 bridgehead atoms. The zero-order valence-corrected chi connectivity index (χ0v) is 10.3. The van der Waals surface area contributed by atoms with E-state index in [1.807, 2.05) is 0 Å². The fourth-order valence-electron chi connectivity index (χ4n) is 1.06. The average Bonchev–Trinajstić information content (AvgIpc) is 2.20. The van der Waals surface area contributed by atoms with Crippen molar-refractivity contribution in [3.63, 3.8) is 0 Å². The van der Waals surface area contributed by atoms with E-state index in [2.05, 4.69) is 31.4 Å². The lowest BCUT2D eigenvalue weighted by Gasteiger charge is -2.08. The van der Waals surface area contributed by atoms with E-state index in [1.54, 1.807) is 0 Å². The van der Waals surface area contributed by atoms with E-state index in [0.29, 0.717) is 19.3 Å². The summed E-state index contributed by atoms with van der Waals surface area (Å²) in [7, 11) is 0. The zero-order valence-electron chi connectivity index (χ0n) is 10.3. The second-order valence-electron chi connectivity index (χ2n) is 3.69. The normalized spacial score (nSPS) is 11.2. The first kappa shape index (κ1) is 14.8. The maximum atomic E-state index is 5.38. The van der Waals surface area contributed by atoms with Crippen LogP contribution in [0.4, 0.5) is 0 Å². The number of hydrogen-bond acceptors (Lipinski definition) is 4. The summed E-state index contributed by atoms with van der Waals surface area (Å²) in [5, 5.41) is 6.48. The minimum atomic E-state index is 0.532. The number of hydrogen-bond donors (Lipinski definition) is 2. The molecule has 0 heterocycles. The molecule has 4 heteroatoms. The van der Waals surface area contributed by atoms with E-state index in [4.69, 9.17) is 9.47 Å². The molecule has 15 heavy (non-hydrogen) atoms. The summed E-state index contributed by atoms with van der Waals surface area (Å²) in [6.45, 7) is 12.1. The van der Waals surface area contributed by atoms with Gasteiger partial charge < -0.3 is 20.1 Å². The summed E-state index contributed by atoms with van der Waals surface area (Å²) in [6.07, 6.45) is 0. The summed E-state index contributed by atoms with van der Waals surface area (Å²) in [5.74, 6) is 0. The first-order valence-electron chi connectivity index (χ1n) is 5.87. The highest BCUT2D eigenvalue weighted by molar-refractivity contribution is 4.50. The van der Waals surface area contributed by atoms with Crippen molar-refractivity contribution in [2.24, 2.45) is 0 Å². The topological polar surface area (TPSA) is 42.5 Å². The summed E-state index contributed by atoms with van der Waals surface area (Å²) in [4.78, 5) is 0. The third-order valence-corrected chi connectivity index (χ3v) is 1.84. The van der Waals surface area contributed by atoms with Gasteiger partial charge >= 0.3 is 0 Å². The Balaban J connectivity index is 2.87. The van der Waals surface area contributed by atoms with Crippen LogP contribution in [0.3, 0.4) is 0 Å². The lowest BCUT2D eigenvalue weighted by Crippen LogP contribution is -2.27. The molecule has 0 saturated heterocycles. The fourth-order valence-corrected chi connectivity index (χ4v) is 1.06. The Bertz CT molecular complexity index is 121. The fraction of sp³-hybridized carbons (Fsp3) is 1.00. The Kier molecular flexibility index (Phi) is 11.8. The minimum Gasteiger partial charge on any atom is -0.378 e. The highest BCUT2D eigenvalue weighted by Gasteiger charge is 1.92. The summed E-state index contributed by atoms with van der Waals surface area (Å²) in [5.41, 5.74) is 0. The largest absolute Gasteiger partial charge is 0.378 e. The van der Waals surface area contributed by atoms with Crippen molar-refractivity contribution in [2.45, 2.75) is 26.8 Å². The van der Waals surface area contributed by atoms with Gasteiger partial charge in [-0.25, -0.2) is 0 Å². The summed E-state index contributed by atoms with van der Waals surface area (Å²) >= 11 is 0. The van der Waals surface area contributed by atoms with Crippen molar-refractivity contribution in [1.29, 1.82) is 0 Å².